The molecule has 2 atom stereocenters. The van der Waals surface area contributed by atoms with Gasteiger partial charge in [0.2, 0.25) is 0 Å². The molecule has 12 heavy (non-hydrogen) atoms. The lowest BCUT2D eigenvalue weighted by Gasteiger charge is -2.42. The average Bonchev–Trinajstić information content (AvgIpc) is 1.86. The van der Waals surface area contributed by atoms with Gasteiger partial charge in [0.1, 0.15) is 0 Å². The first-order valence-corrected chi connectivity index (χ1v) is 5.63. The Bertz CT molecular complexity index is 88.6. The Morgan fingerprint density at radius 1 is 0.750 bits per heavy atom. The first-order chi connectivity index (χ1) is 5.63. The molecule has 0 saturated heterocycles. The van der Waals surface area contributed by atoms with E-state index < -0.39 is 0 Å². The highest BCUT2D eigenvalue weighted by molar-refractivity contribution is 4.84. The molecule has 0 heteroatoms. The van der Waals surface area contributed by atoms with Gasteiger partial charge in [0.15, 0.2) is 0 Å². The molecule has 0 heterocycles. The van der Waals surface area contributed by atoms with Crippen LogP contribution >= 0.6 is 0 Å². The Morgan fingerprint density at radius 2 is 1.00 bits per heavy atom. The fourth-order valence-electron chi connectivity index (χ4n) is 2.21. The molecule has 0 amide bonds. The fourth-order valence-corrected chi connectivity index (χ4v) is 2.21. The van der Waals surface area contributed by atoms with E-state index in [1.807, 2.05) is 13.8 Å². The lowest BCUT2D eigenvalue weighted by atomic mass is 9.64. The minimum absolute atomic E-state index is 0.918. The first-order valence-electron chi connectivity index (χ1n) is 5.63. The van der Waals surface area contributed by atoms with Gasteiger partial charge in [-0.2, -0.15) is 0 Å². The molecule has 1 saturated carbocycles. The summed E-state index contributed by atoms with van der Waals surface area (Å²) in [5.41, 5.74) is 0. The minimum atomic E-state index is 0.918. The van der Waals surface area contributed by atoms with Gasteiger partial charge in [-0.15, -0.1) is 0 Å². The van der Waals surface area contributed by atoms with E-state index in [2.05, 4.69) is 27.7 Å². The second-order valence-corrected chi connectivity index (χ2v) is 4.39. The maximum atomic E-state index is 2.36. The molecule has 0 radical (unpaired) electrons. The largest absolute Gasteiger partial charge is 0.0683 e. The number of hydrogen-bond acceptors (Lipinski definition) is 0. The molecule has 0 N–H and O–H groups in total. The highest BCUT2D eigenvalue weighted by Crippen LogP contribution is 2.43. The Morgan fingerprint density at radius 3 is 1.08 bits per heavy atom. The summed E-state index contributed by atoms with van der Waals surface area (Å²) in [7, 11) is 0. The molecule has 0 aliphatic heterocycles. The molecule has 74 valence electrons. The Balaban J connectivity index is 0.000000561. The van der Waals surface area contributed by atoms with Crippen molar-refractivity contribution in [1.29, 1.82) is 0 Å². The van der Waals surface area contributed by atoms with E-state index in [4.69, 9.17) is 0 Å². The van der Waals surface area contributed by atoms with Crippen molar-refractivity contribution in [3.05, 3.63) is 0 Å². The van der Waals surface area contributed by atoms with Crippen LogP contribution in [-0.4, -0.2) is 0 Å². The summed E-state index contributed by atoms with van der Waals surface area (Å²) >= 11 is 0. The molecule has 0 nitrogen and oxygen atoms in total. The monoisotopic (exact) mass is 170 g/mol. The van der Waals surface area contributed by atoms with Crippen LogP contribution < -0.4 is 0 Å². The standard InChI is InChI=1S/C10H20.C2H6/c1-7(2)9-5-6-10(9)8(3)4;1-2/h7-10H,5-6H2,1-4H3;1-2H3/t9-,10-;/m1./s1. The number of hydrogen-bond donors (Lipinski definition) is 0. The minimum Gasteiger partial charge on any atom is -0.0683 e. The fraction of sp³-hybridized carbons (Fsp3) is 1.00. The van der Waals surface area contributed by atoms with Crippen LogP contribution in [0.15, 0.2) is 0 Å². The van der Waals surface area contributed by atoms with Crippen LogP contribution in [0.25, 0.3) is 0 Å². The van der Waals surface area contributed by atoms with Crippen LogP contribution in [0.2, 0.25) is 0 Å². The summed E-state index contributed by atoms with van der Waals surface area (Å²) in [4.78, 5) is 0. The van der Waals surface area contributed by atoms with Crippen LogP contribution in [-0.2, 0) is 0 Å². The maximum absolute atomic E-state index is 2.36. The summed E-state index contributed by atoms with van der Waals surface area (Å²) in [6.07, 6.45) is 2.97. The lowest BCUT2D eigenvalue weighted by Crippen LogP contribution is -2.33. The van der Waals surface area contributed by atoms with Crippen molar-refractivity contribution < 1.29 is 0 Å². The van der Waals surface area contributed by atoms with Crippen LogP contribution in [0.1, 0.15) is 54.4 Å². The van der Waals surface area contributed by atoms with E-state index in [1.54, 1.807) is 0 Å². The van der Waals surface area contributed by atoms with Gasteiger partial charge in [-0.3, -0.25) is 0 Å². The zero-order chi connectivity index (χ0) is 9.72. The zero-order valence-corrected chi connectivity index (χ0v) is 9.72. The van der Waals surface area contributed by atoms with Gasteiger partial charge in [0.25, 0.3) is 0 Å². The van der Waals surface area contributed by atoms with E-state index in [-0.39, 0.29) is 0 Å². The molecular formula is C12H26. The van der Waals surface area contributed by atoms with Gasteiger partial charge in [-0.1, -0.05) is 41.5 Å². The third kappa shape index (κ3) is 2.80. The van der Waals surface area contributed by atoms with Crippen LogP contribution in [0.4, 0.5) is 0 Å². The second kappa shape index (κ2) is 5.61. The molecule has 0 aromatic heterocycles. The van der Waals surface area contributed by atoms with E-state index in [1.165, 1.54) is 12.8 Å². The topological polar surface area (TPSA) is 0 Å². The molecule has 0 aromatic carbocycles. The molecule has 0 aromatic rings. The van der Waals surface area contributed by atoms with Crippen LogP contribution in [0.5, 0.6) is 0 Å². The van der Waals surface area contributed by atoms with Crippen molar-refractivity contribution in [1.82, 2.24) is 0 Å². The summed E-state index contributed by atoms with van der Waals surface area (Å²) in [5, 5.41) is 0. The lowest BCUT2D eigenvalue weighted by molar-refractivity contribution is 0.0793. The molecule has 0 bridgehead atoms. The van der Waals surface area contributed by atoms with Crippen molar-refractivity contribution in [3.63, 3.8) is 0 Å². The predicted molar refractivity (Wildman–Crippen MR) is 57.2 cm³/mol. The highest BCUT2D eigenvalue weighted by Gasteiger charge is 2.34. The molecule has 0 spiro atoms. The van der Waals surface area contributed by atoms with Crippen molar-refractivity contribution in [2.75, 3.05) is 0 Å². The van der Waals surface area contributed by atoms with E-state index >= 15 is 0 Å². The summed E-state index contributed by atoms with van der Waals surface area (Å²) in [6, 6.07) is 0. The summed E-state index contributed by atoms with van der Waals surface area (Å²) in [6.45, 7) is 13.4. The normalized spacial score (nSPS) is 28.0. The van der Waals surface area contributed by atoms with Crippen molar-refractivity contribution in [3.8, 4) is 0 Å². The third-order valence-electron chi connectivity index (χ3n) is 3.10. The van der Waals surface area contributed by atoms with Crippen molar-refractivity contribution >= 4 is 0 Å². The van der Waals surface area contributed by atoms with E-state index in [9.17, 15) is 0 Å². The molecule has 1 rings (SSSR count). The van der Waals surface area contributed by atoms with E-state index in [0.717, 1.165) is 23.7 Å². The molecule has 1 aliphatic rings. The van der Waals surface area contributed by atoms with Gasteiger partial charge < -0.3 is 0 Å². The van der Waals surface area contributed by atoms with E-state index in [0.29, 0.717) is 0 Å². The Labute approximate surface area is 78.8 Å². The highest BCUT2D eigenvalue weighted by atomic mass is 14.4. The third-order valence-corrected chi connectivity index (χ3v) is 3.10. The molecular weight excluding hydrogens is 144 g/mol. The molecule has 0 unspecified atom stereocenters. The smallest absolute Gasteiger partial charge is 0.0360 e. The Kier molecular flexibility index (Phi) is 5.61. The van der Waals surface area contributed by atoms with Gasteiger partial charge in [0.05, 0.1) is 0 Å². The van der Waals surface area contributed by atoms with Gasteiger partial charge >= 0.3 is 0 Å². The van der Waals surface area contributed by atoms with Crippen LogP contribution in [0, 0.1) is 23.7 Å². The predicted octanol–water partition coefficient (Wildman–Crippen LogP) is 4.35. The average molecular weight is 170 g/mol. The van der Waals surface area contributed by atoms with Gasteiger partial charge in [-0.25, -0.2) is 0 Å². The number of rotatable bonds is 2. The SMILES string of the molecule is CC.CC(C)[C@H]1CC[C@@H]1C(C)C. The van der Waals surface area contributed by atoms with Gasteiger partial charge in [0, 0.05) is 0 Å². The maximum Gasteiger partial charge on any atom is -0.0360 e. The second-order valence-electron chi connectivity index (χ2n) is 4.39. The van der Waals surface area contributed by atoms with Crippen LogP contribution in [0.3, 0.4) is 0 Å². The first kappa shape index (κ1) is 12.0. The quantitative estimate of drug-likeness (QED) is 0.578. The summed E-state index contributed by atoms with van der Waals surface area (Å²) in [5.74, 6) is 3.92. The Hall–Kier alpha value is 0. The van der Waals surface area contributed by atoms with Crippen molar-refractivity contribution in [2.24, 2.45) is 23.7 Å². The zero-order valence-electron chi connectivity index (χ0n) is 9.72. The molecule has 1 aliphatic carbocycles. The summed E-state index contributed by atoms with van der Waals surface area (Å²) < 4.78 is 0. The van der Waals surface area contributed by atoms with Crippen molar-refractivity contribution in [2.45, 2.75) is 54.4 Å². The van der Waals surface area contributed by atoms with Gasteiger partial charge in [-0.05, 0) is 36.5 Å². The molecule has 1 fully saturated rings.